The molecule has 2 rings (SSSR count). The van der Waals surface area contributed by atoms with Gasteiger partial charge in [-0.3, -0.25) is 4.79 Å². The molecule has 0 radical (unpaired) electrons. The third-order valence-electron chi connectivity index (χ3n) is 5.27. The van der Waals surface area contributed by atoms with Crippen molar-refractivity contribution in [3.63, 3.8) is 0 Å². The molecule has 0 atom stereocenters. The number of hydrogen-bond donors (Lipinski definition) is 1. The van der Waals surface area contributed by atoms with E-state index in [1.165, 1.54) is 24.8 Å². The van der Waals surface area contributed by atoms with Crippen LogP contribution in [-0.2, 0) is 10.2 Å². The lowest BCUT2D eigenvalue weighted by molar-refractivity contribution is -0.118. The average Bonchev–Trinajstić information content (AvgIpc) is 2.73. The fourth-order valence-corrected chi connectivity index (χ4v) is 2.93. The van der Waals surface area contributed by atoms with Crippen molar-refractivity contribution in [3.05, 3.63) is 54.1 Å². The summed E-state index contributed by atoms with van der Waals surface area (Å²) < 4.78 is 11.4. The van der Waals surface area contributed by atoms with Crippen LogP contribution in [0, 0.1) is 0 Å². The van der Waals surface area contributed by atoms with Gasteiger partial charge in [0.15, 0.2) is 6.61 Å². The van der Waals surface area contributed by atoms with Crippen LogP contribution in [0.15, 0.2) is 48.5 Å². The van der Waals surface area contributed by atoms with E-state index in [4.69, 9.17) is 9.47 Å². The minimum atomic E-state index is -0.192. The molecular weight excluding hydrogens is 362 g/mol. The number of nitrogens with one attached hydrogen (secondary N) is 1. The van der Waals surface area contributed by atoms with Crippen molar-refractivity contribution in [2.75, 3.05) is 18.5 Å². The minimum Gasteiger partial charge on any atom is -0.494 e. The molecule has 0 saturated heterocycles. The van der Waals surface area contributed by atoms with Gasteiger partial charge in [0.25, 0.3) is 5.91 Å². The first-order valence-corrected chi connectivity index (χ1v) is 10.7. The topological polar surface area (TPSA) is 47.6 Å². The van der Waals surface area contributed by atoms with Crippen LogP contribution in [0.2, 0.25) is 0 Å². The van der Waals surface area contributed by atoms with Crippen molar-refractivity contribution in [2.24, 2.45) is 0 Å². The average molecular weight is 398 g/mol. The molecule has 0 aliphatic carbocycles. The molecule has 0 heterocycles. The molecule has 0 saturated carbocycles. The van der Waals surface area contributed by atoms with Gasteiger partial charge in [-0.05, 0) is 48.1 Å². The van der Waals surface area contributed by atoms with E-state index in [2.05, 4.69) is 45.1 Å². The van der Waals surface area contributed by atoms with Crippen LogP contribution in [0.25, 0.3) is 0 Å². The SMILES string of the molecule is CCCCCCOc1cccc(NC(=O)COc2ccc(C(C)(C)CC)cc2)c1. The van der Waals surface area contributed by atoms with E-state index in [1.54, 1.807) is 0 Å². The third-order valence-corrected chi connectivity index (χ3v) is 5.27. The van der Waals surface area contributed by atoms with Gasteiger partial charge < -0.3 is 14.8 Å². The maximum Gasteiger partial charge on any atom is 0.262 e. The lowest BCUT2D eigenvalue weighted by atomic mass is 9.82. The largest absolute Gasteiger partial charge is 0.494 e. The molecule has 0 spiro atoms. The zero-order valence-corrected chi connectivity index (χ0v) is 18.3. The molecule has 2 aromatic rings. The fraction of sp³-hybridized carbons (Fsp3) is 0.480. The molecule has 2 aromatic carbocycles. The Labute approximate surface area is 175 Å². The Hall–Kier alpha value is -2.49. The van der Waals surface area contributed by atoms with Gasteiger partial charge in [-0.15, -0.1) is 0 Å². The molecule has 29 heavy (non-hydrogen) atoms. The number of ether oxygens (including phenoxy) is 2. The molecule has 1 N–H and O–H groups in total. The summed E-state index contributed by atoms with van der Waals surface area (Å²) in [7, 11) is 0. The second-order valence-corrected chi connectivity index (χ2v) is 8.04. The summed E-state index contributed by atoms with van der Waals surface area (Å²) in [6.45, 7) is 9.49. The predicted octanol–water partition coefficient (Wildman–Crippen LogP) is 6.35. The highest BCUT2D eigenvalue weighted by Crippen LogP contribution is 2.28. The van der Waals surface area contributed by atoms with Crippen molar-refractivity contribution < 1.29 is 14.3 Å². The van der Waals surface area contributed by atoms with E-state index in [-0.39, 0.29) is 17.9 Å². The standard InChI is InChI=1S/C25H35NO3/c1-5-7-8-9-17-28-23-12-10-11-21(18-23)26-24(27)19-29-22-15-13-20(14-16-22)25(3,4)6-2/h10-16,18H,5-9,17,19H2,1-4H3,(H,26,27). The number of carbonyl (C=O) groups excluding carboxylic acids is 1. The van der Waals surface area contributed by atoms with Crippen LogP contribution in [0.1, 0.15) is 65.4 Å². The van der Waals surface area contributed by atoms with E-state index in [0.29, 0.717) is 18.0 Å². The van der Waals surface area contributed by atoms with Crippen molar-refractivity contribution >= 4 is 11.6 Å². The highest BCUT2D eigenvalue weighted by atomic mass is 16.5. The summed E-state index contributed by atoms with van der Waals surface area (Å²) in [5.74, 6) is 1.28. The molecule has 0 aliphatic rings. The van der Waals surface area contributed by atoms with Gasteiger partial charge in [0.1, 0.15) is 11.5 Å². The second-order valence-electron chi connectivity index (χ2n) is 8.04. The quantitative estimate of drug-likeness (QED) is 0.424. The van der Waals surface area contributed by atoms with Crippen molar-refractivity contribution in [1.29, 1.82) is 0 Å². The van der Waals surface area contributed by atoms with E-state index in [0.717, 1.165) is 18.6 Å². The summed E-state index contributed by atoms with van der Waals surface area (Å²) in [5, 5.41) is 2.86. The molecule has 4 heteroatoms. The first kappa shape index (κ1) is 22.8. The molecule has 0 aromatic heterocycles. The van der Waals surface area contributed by atoms with Crippen molar-refractivity contribution in [3.8, 4) is 11.5 Å². The Morgan fingerprint density at radius 1 is 0.931 bits per heavy atom. The first-order valence-electron chi connectivity index (χ1n) is 10.7. The molecule has 0 unspecified atom stereocenters. The minimum absolute atomic E-state index is 0.0291. The van der Waals surface area contributed by atoms with Gasteiger partial charge in [-0.2, -0.15) is 0 Å². The smallest absolute Gasteiger partial charge is 0.262 e. The zero-order chi connectivity index (χ0) is 21.1. The number of unbranched alkanes of at least 4 members (excludes halogenated alkanes) is 3. The lowest BCUT2D eigenvalue weighted by Crippen LogP contribution is -2.20. The second kappa shape index (κ2) is 11.5. The monoisotopic (exact) mass is 397 g/mol. The highest BCUT2D eigenvalue weighted by molar-refractivity contribution is 5.92. The van der Waals surface area contributed by atoms with E-state index < -0.39 is 0 Å². The Kier molecular flexibility index (Phi) is 9.04. The summed E-state index contributed by atoms with van der Waals surface area (Å²) >= 11 is 0. The maximum absolute atomic E-state index is 12.2. The van der Waals surface area contributed by atoms with Crippen LogP contribution >= 0.6 is 0 Å². The molecular formula is C25H35NO3. The number of anilines is 1. The summed E-state index contributed by atoms with van der Waals surface area (Å²) in [5.41, 5.74) is 2.12. The van der Waals surface area contributed by atoms with Gasteiger partial charge in [0.05, 0.1) is 6.61 Å². The number of hydrogen-bond acceptors (Lipinski definition) is 3. The number of carbonyl (C=O) groups is 1. The summed E-state index contributed by atoms with van der Waals surface area (Å²) in [4.78, 5) is 12.2. The van der Waals surface area contributed by atoms with E-state index >= 15 is 0 Å². The molecule has 1 amide bonds. The Morgan fingerprint density at radius 2 is 1.69 bits per heavy atom. The van der Waals surface area contributed by atoms with E-state index in [1.807, 2.05) is 36.4 Å². The molecule has 0 aliphatic heterocycles. The molecule has 4 nitrogen and oxygen atoms in total. The fourth-order valence-electron chi connectivity index (χ4n) is 2.93. The normalized spacial score (nSPS) is 11.2. The van der Waals surface area contributed by atoms with Crippen LogP contribution in [0.4, 0.5) is 5.69 Å². The third kappa shape index (κ3) is 7.80. The van der Waals surface area contributed by atoms with Gasteiger partial charge in [-0.1, -0.05) is 65.2 Å². The predicted molar refractivity (Wildman–Crippen MR) is 120 cm³/mol. The number of rotatable bonds is 12. The van der Waals surface area contributed by atoms with Crippen LogP contribution in [0.3, 0.4) is 0 Å². The van der Waals surface area contributed by atoms with Crippen molar-refractivity contribution in [2.45, 2.75) is 65.2 Å². The summed E-state index contributed by atoms with van der Waals surface area (Å²) in [6.07, 6.45) is 5.74. The Bertz CT molecular complexity index is 753. The van der Waals surface area contributed by atoms with Crippen LogP contribution < -0.4 is 14.8 Å². The van der Waals surface area contributed by atoms with Crippen LogP contribution in [0.5, 0.6) is 11.5 Å². The molecule has 0 bridgehead atoms. The summed E-state index contributed by atoms with van der Waals surface area (Å²) in [6, 6.07) is 15.5. The van der Waals surface area contributed by atoms with Gasteiger partial charge in [0, 0.05) is 11.8 Å². The van der Waals surface area contributed by atoms with Gasteiger partial charge in [0.2, 0.25) is 0 Å². The zero-order valence-electron chi connectivity index (χ0n) is 18.3. The highest BCUT2D eigenvalue weighted by Gasteiger charge is 2.17. The Balaban J connectivity index is 1.79. The van der Waals surface area contributed by atoms with Gasteiger partial charge in [-0.25, -0.2) is 0 Å². The Morgan fingerprint density at radius 3 is 2.38 bits per heavy atom. The molecule has 158 valence electrons. The van der Waals surface area contributed by atoms with Gasteiger partial charge >= 0.3 is 0 Å². The number of amides is 1. The first-order chi connectivity index (χ1) is 13.9. The van der Waals surface area contributed by atoms with Crippen LogP contribution in [-0.4, -0.2) is 19.1 Å². The number of benzene rings is 2. The van der Waals surface area contributed by atoms with Crippen molar-refractivity contribution in [1.82, 2.24) is 0 Å². The maximum atomic E-state index is 12.2. The molecule has 0 fully saturated rings. The van der Waals surface area contributed by atoms with E-state index in [9.17, 15) is 4.79 Å². The lowest BCUT2D eigenvalue weighted by Gasteiger charge is -2.23.